The zero-order chi connectivity index (χ0) is 15.5. The molecule has 0 aliphatic rings. The van der Waals surface area contributed by atoms with E-state index in [4.69, 9.17) is 10.9 Å². The standard InChI is InChI=1S/C10H11F5N4O/c1-19(4-7(11)12)9-5(8(16)18-20)2-3-6(17-9)10(13,14)15/h2-3,7,20H,4H2,1H3,(H2,16,18). The van der Waals surface area contributed by atoms with E-state index in [2.05, 4.69) is 10.1 Å². The van der Waals surface area contributed by atoms with Crippen LogP contribution in [-0.4, -0.2) is 36.0 Å². The molecule has 3 N–H and O–H groups in total. The quantitative estimate of drug-likeness (QED) is 0.293. The molecule has 0 saturated heterocycles. The molecule has 0 amide bonds. The fourth-order valence-electron chi connectivity index (χ4n) is 1.44. The first-order valence-corrected chi connectivity index (χ1v) is 5.22. The van der Waals surface area contributed by atoms with Gasteiger partial charge in [0.1, 0.15) is 11.5 Å². The van der Waals surface area contributed by atoms with E-state index >= 15 is 0 Å². The summed E-state index contributed by atoms with van der Waals surface area (Å²) < 4.78 is 62.3. The summed E-state index contributed by atoms with van der Waals surface area (Å²) in [6.45, 7) is -0.847. The molecular formula is C10H11F5N4O. The van der Waals surface area contributed by atoms with Crippen molar-refractivity contribution in [1.82, 2.24) is 4.98 Å². The van der Waals surface area contributed by atoms with E-state index in [-0.39, 0.29) is 5.56 Å². The second-order valence-electron chi connectivity index (χ2n) is 3.82. The number of oxime groups is 1. The van der Waals surface area contributed by atoms with Crippen LogP contribution in [0.25, 0.3) is 0 Å². The van der Waals surface area contributed by atoms with Gasteiger partial charge in [-0.25, -0.2) is 13.8 Å². The molecule has 10 heteroatoms. The molecule has 0 fully saturated rings. The lowest BCUT2D eigenvalue weighted by Gasteiger charge is -2.21. The number of halogens is 5. The highest BCUT2D eigenvalue weighted by Crippen LogP contribution is 2.30. The van der Waals surface area contributed by atoms with E-state index in [0.717, 1.165) is 18.0 Å². The van der Waals surface area contributed by atoms with Crippen molar-refractivity contribution in [3.63, 3.8) is 0 Å². The van der Waals surface area contributed by atoms with Crippen molar-refractivity contribution in [2.75, 3.05) is 18.5 Å². The Balaban J connectivity index is 3.33. The molecule has 0 radical (unpaired) electrons. The first-order chi connectivity index (χ1) is 9.16. The minimum absolute atomic E-state index is 0.177. The molecule has 0 atom stereocenters. The molecule has 5 nitrogen and oxygen atoms in total. The van der Waals surface area contributed by atoms with Gasteiger partial charge in [-0.3, -0.25) is 0 Å². The summed E-state index contributed by atoms with van der Waals surface area (Å²) in [4.78, 5) is 4.06. The minimum Gasteiger partial charge on any atom is -0.409 e. The number of anilines is 1. The van der Waals surface area contributed by atoms with Crippen molar-refractivity contribution in [2.45, 2.75) is 12.6 Å². The van der Waals surface area contributed by atoms with Crippen molar-refractivity contribution in [3.05, 3.63) is 23.4 Å². The van der Waals surface area contributed by atoms with E-state index in [1.54, 1.807) is 0 Å². The van der Waals surface area contributed by atoms with Crippen molar-refractivity contribution in [3.8, 4) is 0 Å². The van der Waals surface area contributed by atoms with E-state index in [0.29, 0.717) is 6.07 Å². The van der Waals surface area contributed by atoms with Gasteiger partial charge in [0, 0.05) is 7.05 Å². The fraction of sp³-hybridized carbons (Fsp3) is 0.400. The average molecular weight is 298 g/mol. The Hall–Kier alpha value is -2.13. The van der Waals surface area contributed by atoms with Crippen LogP contribution in [-0.2, 0) is 6.18 Å². The van der Waals surface area contributed by atoms with E-state index < -0.39 is 36.5 Å². The summed E-state index contributed by atoms with van der Waals surface area (Å²) in [5.41, 5.74) is 3.85. The number of amidine groups is 1. The third-order valence-corrected chi connectivity index (χ3v) is 2.32. The summed E-state index contributed by atoms with van der Waals surface area (Å²) in [5, 5.41) is 11.2. The monoisotopic (exact) mass is 298 g/mol. The molecular weight excluding hydrogens is 287 g/mol. The lowest BCUT2D eigenvalue weighted by molar-refractivity contribution is -0.141. The van der Waals surface area contributed by atoms with Gasteiger partial charge in [0.05, 0.1) is 12.1 Å². The van der Waals surface area contributed by atoms with Crippen molar-refractivity contribution >= 4 is 11.7 Å². The van der Waals surface area contributed by atoms with Gasteiger partial charge in [-0.15, -0.1) is 0 Å². The van der Waals surface area contributed by atoms with Gasteiger partial charge < -0.3 is 15.8 Å². The van der Waals surface area contributed by atoms with Crippen LogP contribution in [0.3, 0.4) is 0 Å². The van der Waals surface area contributed by atoms with Gasteiger partial charge in [-0.05, 0) is 12.1 Å². The lowest BCUT2D eigenvalue weighted by Crippen LogP contribution is -2.29. The van der Waals surface area contributed by atoms with Crippen molar-refractivity contribution < 1.29 is 27.2 Å². The number of alkyl halides is 5. The van der Waals surface area contributed by atoms with Crippen LogP contribution in [0.1, 0.15) is 11.3 Å². The molecule has 0 aliphatic carbocycles. The van der Waals surface area contributed by atoms with Crippen LogP contribution in [0, 0.1) is 0 Å². The van der Waals surface area contributed by atoms with Gasteiger partial charge in [-0.2, -0.15) is 13.2 Å². The lowest BCUT2D eigenvalue weighted by atomic mass is 10.2. The normalized spacial score (nSPS) is 12.8. The molecule has 0 aliphatic heterocycles. The maximum Gasteiger partial charge on any atom is 0.433 e. The van der Waals surface area contributed by atoms with Gasteiger partial charge in [0.25, 0.3) is 6.43 Å². The smallest absolute Gasteiger partial charge is 0.409 e. The van der Waals surface area contributed by atoms with Crippen LogP contribution < -0.4 is 10.6 Å². The third kappa shape index (κ3) is 3.68. The largest absolute Gasteiger partial charge is 0.433 e. The number of rotatable bonds is 4. The highest BCUT2D eigenvalue weighted by Gasteiger charge is 2.34. The Kier molecular flexibility index (Phi) is 4.69. The van der Waals surface area contributed by atoms with E-state index in [1.807, 2.05) is 0 Å². The average Bonchev–Trinajstić information content (AvgIpc) is 2.35. The molecule has 0 saturated carbocycles. The topological polar surface area (TPSA) is 74.7 Å². The van der Waals surface area contributed by atoms with Crippen molar-refractivity contribution in [2.24, 2.45) is 10.9 Å². The zero-order valence-electron chi connectivity index (χ0n) is 10.2. The van der Waals surface area contributed by atoms with Gasteiger partial charge in [-0.1, -0.05) is 5.16 Å². The van der Waals surface area contributed by atoms with Crippen LogP contribution in [0.4, 0.5) is 27.8 Å². The second-order valence-corrected chi connectivity index (χ2v) is 3.82. The van der Waals surface area contributed by atoms with E-state index in [1.165, 1.54) is 0 Å². The number of aromatic nitrogens is 1. The fourth-order valence-corrected chi connectivity index (χ4v) is 1.44. The summed E-state index contributed by atoms with van der Waals surface area (Å²) in [5.74, 6) is -0.974. The Labute approximate surface area is 110 Å². The van der Waals surface area contributed by atoms with Crippen molar-refractivity contribution in [1.29, 1.82) is 0 Å². The molecule has 1 heterocycles. The maximum atomic E-state index is 12.6. The SMILES string of the molecule is CN(CC(F)F)c1nc(C(F)(F)F)ccc1/C(N)=N/O. The maximum absolute atomic E-state index is 12.6. The Bertz CT molecular complexity index is 503. The Morgan fingerprint density at radius 3 is 2.50 bits per heavy atom. The predicted octanol–water partition coefficient (Wildman–Crippen LogP) is 1.90. The van der Waals surface area contributed by atoms with Gasteiger partial charge >= 0.3 is 6.18 Å². The molecule has 0 aromatic carbocycles. The molecule has 0 unspecified atom stereocenters. The molecule has 20 heavy (non-hydrogen) atoms. The number of hydrogen-bond donors (Lipinski definition) is 2. The Morgan fingerprint density at radius 1 is 1.45 bits per heavy atom. The van der Waals surface area contributed by atoms with Crippen LogP contribution in [0.5, 0.6) is 0 Å². The highest BCUT2D eigenvalue weighted by molar-refractivity contribution is 6.01. The third-order valence-electron chi connectivity index (χ3n) is 2.32. The van der Waals surface area contributed by atoms with Gasteiger partial charge in [0.15, 0.2) is 5.84 Å². The molecule has 0 spiro atoms. The molecule has 1 aromatic rings. The number of nitrogens with zero attached hydrogens (tertiary/aromatic N) is 3. The number of nitrogens with two attached hydrogens (primary N) is 1. The number of hydrogen-bond acceptors (Lipinski definition) is 4. The summed E-state index contributed by atoms with van der Waals surface area (Å²) >= 11 is 0. The molecule has 1 aromatic heterocycles. The molecule has 1 rings (SSSR count). The molecule has 0 bridgehead atoms. The summed E-state index contributed by atoms with van der Waals surface area (Å²) in [6.07, 6.45) is -7.51. The van der Waals surface area contributed by atoms with Crippen LogP contribution in [0.15, 0.2) is 17.3 Å². The van der Waals surface area contributed by atoms with Gasteiger partial charge in [0.2, 0.25) is 0 Å². The predicted molar refractivity (Wildman–Crippen MR) is 61.0 cm³/mol. The van der Waals surface area contributed by atoms with Crippen LogP contribution in [0.2, 0.25) is 0 Å². The highest BCUT2D eigenvalue weighted by atomic mass is 19.4. The summed E-state index contributed by atoms with van der Waals surface area (Å²) in [6, 6.07) is 1.52. The minimum atomic E-state index is -4.73. The first kappa shape index (κ1) is 15.9. The Morgan fingerprint density at radius 2 is 2.05 bits per heavy atom. The number of pyridine rings is 1. The van der Waals surface area contributed by atoms with Crippen LogP contribution >= 0.6 is 0 Å². The first-order valence-electron chi connectivity index (χ1n) is 5.22. The molecule has 112 valence electrons. The zero-order valence-corrected chi connectivity index (χ0v) is 10.2. The summed E-state index contributed by atoms with van der Waals surface area (Å²) in [7, 11) is 1.13. The van der Waals surface area contributed by atoms with E-state index in [9.17, 15) is 22.0 Å². The second kappa shape index (κ2) is 5.88.